The Bertz CT molecular complexity index is 496. The second kappa shape index (κ2) is 18.3. The molecule has 29 heavy (non-hydrogen) atoms. The lowest BCUT2D eigenvalue weighted by atomic mass is 10.2. The van der Waals surface area contributed by atoms with E-state index in [2.05, 4.69) is 23.8 Å². The summed E-state index contributed by atoms with van der Waals surface area (Å²) in [6.45, 7) is 18.4. The standard InChI is InChI=1S/C21H38N2O6/c1-17(2)20(24)28-10-6-7-22-8-11-26-13-14-27-12-9-23-15-19(5)16-29-21(25)18(3)4/h19,22-23H,1,3,6-16H2,2,4-5H3. The molecule has 0 fully saturated rings. The van der Waals surface area contributed by atoms with Crippen LogP contribution >= 0.6 is 0 Å². The molecule has 168 valence electrons. The van der Waals surface area contributed by atoms with Gasteiger partial charge < -0.3 is 29.6 Å². The smallest absolute Gasteiger partial charge is 0.333 e. The van der Waals surface area contributed by atoms with E-state index in [1.165, 1.54) is 0 Å². The van der Waals surface area contributed by atoms with Crippen LogP contribution in [0.3, 0.4) is 0 Å². The molecule has 0 aliphatic heterocycles. The Labute approximate surface area is 175 Å². The van der Waals surface area contributed by atoms with Crippen molar-refractivity contribution < 1.29 is 28.5 Å². The molecule has 0 aliphatic carbocycles. The van der Waals surface area contributed by atoms with Gasteiger partial charge in [-0.15, -0.1) is 0 Å². The fourth-order valence-corrected chi connectivity index (χ4v) is 1.97. The van der Waals surface area contributed by atoms with Crippen molar-refractivity contribution >= 4 is 11.9 Å². The quantitative estimate of drug-likeness (QED) is 0.186. The molecule has 0 rings (SSSR count). The minimum atomic E-state index is -0.348. The maximum absolute atomic E-state index is 11.3. The summed E-state index contributed by atoms with van der Waals surface area (Å²) in [6, 6.07) is 0. The Balaban J connectivity index is 3.26. The van der Waals surface area contributed by atoms with Crippen molar-refractivity contribution in [3.63, 3.8) is 0 Å². The van der Waals surface area contributed by atoms with Crippen LogP contribution in [0.25, 0.3) is 0 Å². The van der Waals surface area contributed by atoms with Gasteiger partial charge in [-0.1, -0.05) is 20.1 Å². The topological polar surface area (TPSA) is 95.1 Å². The van der Waals surface area contributed by atoms with Crippen LogP contribution in [-0.4, -0.2) is 77.8 Å². The van der Waals surface area contributed by atoms with E-state index in [0.717, 1.165) is 32.6 Å². The Morgan fingerprint density at radius 2 is 1.34 bits per heavy atom. The Hall–Kier alpha value is -1.74. The van der Waals surface area contributed by atoms with Crippen LogP contribution in [-0.2, 0) is 28.5 Å². The predicted octanol–water partition coefficient (Wildman–Crippen LogP) is 1.46. The van der Waals surface area contributed by atoms with Crippen LogP contribution < -0.4 is 10.6 Å². The molecule has 0 amide bonds. The number of esters is 2. The second-order valence-electron chi connectivity index (χ2n) is 6.93. The van der Waals surface area contributed by atoms with Crippen LogP contribution in [0.2, 0.25) is 0 Å². The molecule has 0 saturated carbocycles. The van der Waals surface area contributed by atoms with Crippen molar-refractivity contribution in [2.24, 2.45) is 5.92 Å². The van der Waals surface area contributed by atoms with Crippen molar-refractivity contribution in [2.45, 2.75) is 27.2 Å². The highest BCUT2D eigenvalue weighted by molar-refractivity contribution is 5.87. The molecule has 0 saturated heterocycles. The van der Waals surface area contributed by atoms with E-state index in [4.69, 9.17) is 18.9 Å². The number of ether oxygens (including phenoxy) is 4. The molecule has 1 unspecified atom stereocenters. The molecule has 0 radical (unpaired) electrons. The first-order valence-corrected chi connectivity index (χ1v) is 10.1. The third-order valence-electron chi connectivity index (χ3n) is 3.64. The molecule has 0 spiro atoms. The summed E-state index contributed by atoms with van der Waals surface area (Å²) < 4.78 is 21.0. The van der Waals surface area contributed by atoms with Gasteiger partial charge in [0.25, 0.3) is 0 Å². The van der Waals surface area contributed by atoms with E-state index in [1.54, 1.807) is 13.8 Å². The van der Waals surface area contributed by atoms with Crippen LogP contribution in [0.15, 0.2) is 24.3 Å². The molecular weight excluding hydrogens is 376 g/mol. The van der Waals surface area contributed by atoms with E-state index in [-0.39, 0.29) is 17.9 Å². The van der Waals surface area contributed by atoms with Crippen LogP contribution in [0, 0.1) is 5.92 Å². The lowest BCUT2D eigenvalue weighted by Gasteiger charge is -2.13. The summed E-state index contributed by atoms with van der Waals surface area (Å²) in [5, 5.41) is 6.48. The Morgan fingerprint density at radius 3 is 1.93 bits per heavy atom. The monoisotopic (exact) mass is 414 g/mol. The van der Waals surface area contributed by atoms with E-state index in [0.29, 0.717) is 50.8 Å². The normalized spacial score (nSPS) is 11.7. The maximum atomic E-state index is 11.3. The van der Waals surface area contributed by atoms with E-state index >= 15 is 0 Å². The zero-order chi connectivity index (χ0) is 21.9. The third-order valence-corrected chi connectivity index (χ3v) is 3.64. The fraction of sp³-hybridized carbons (Fsp3) is 0.714. The van der Waals surface area contributed by atoms with Gasteiger partial charge in [0.05, 0.1) is 39.6 Å². The number of carbonyl (C=O) groups excluding carboxylic acids is 2. The maximum Gasteiger partial charge on any atom is 0.333 e. The second-order valence-corrected chi connectivity index (χ2v) is 6.93. The molecule has 2 N–H and O–H groups in total. The van der Waals surface area contributed by atoms with E-state index in [9.17, 15) is 9.59 Å². The van der Waals surface area contributed by atoms with Gasteiger partial charge in [0.15, 0.2) is 0 Å². The molecule has 0 aliphatic rings. The van der Waals surface area contributed by atoms with Gasteiger partial charge in [0.1, 0.15) is 0 Å². The lowest BCUT2D eigenvalue weighted by molar-refractivity contribution is -0.140. The molecule has 0 aromatic carbocycles. The van der Waals surface area contributed by atoms with Gasteiger partial charge in [-0.25, -0.2) is 9.59 Å². The van der Waals surface area contributed by atoms with Gasteiger partial charge in [0, 0.05) is 36.7 Å². The largest absolute Gasteiger partial charge is 0.462 e. The Morgan fingerprint density at radius 1 is 0.793 bits per heavy atom. The van der Waals surface area contributed by atoms with Gasteiger partial charge in [-0.3, -0.25) is 0 Å². The van der Waals surface area contributed by atoms with Crippen molar-refractivity contribution in [3.8, 4) is 0 Å². The van der Waals surface area contributed by atoms with Crippen LogP contribution in [0.1, 0.15) is 27.2 Å². The molecule has 0 aromatic heterocycles. The van der Waals surface area contributed by atoms with Crippen LogP contribution in [0.4, 0.5) is 0 Å². The summed E-state index contributed by atoms with van der Waals surface area (Å²) >= 11 is 0. The minimum absolute atomic E-state index is 0.229. The van der Waals surface area contributed by atoms with Crippen LogP contribution in [0.5, 0.6) is 0 Å². The fourth-order valence-electron chi connectivity index (χ4n) is 1.97. The van der Waals surface area contributed by atoms with Crippen molar-refractivity contribution in [1.29, 1.82) is 0 Å². The molecule has 0 bridgehead atoms. The first-order valence-electron chi connectivity index (χ1n) is 10.1. The first kappa shape index (κ1) is 27.3. The average Bonchev–Trinajstić information content (AvgIpc) is 2.68. The highest BCUT2D eigenvalue weighted by Gasteiger charge is 2.07. The van der Waals surface area contributed by atoms with Gasteiger partial charge >= 0.3 is 11.9 Å². The van der Waals surface area contributed by atoms with Crippen molar-refractivity contribution in [1.82, 2.24) is 10.6 Å². The van der Waals surface area contributed by atoms with E-state index in [1.807, 2.05) is 6.92 Å². The molecule has 8 nitrogen and oxygen atoms in total. The third kappa shape index (κ3) is 18.1. The highest BCUT2D eigenvalue weighted by atomic mass is 16.5. The zero-order valence-electron chi connectivity index (χ0n) is 18.2. The number of nitrogens with one attached hydrogen (secondary N) is 2. The molecule has 8 heteroatoms. The molecule has 0 aromatic rings. The first-order chi connectivity index (χ1) is 13.8. The SMILES string of the molecule is C=C(C)C(=O)OCCCNCCOCCOCCNCC(C)COC(=O)C(=C)C. The number of carbonyl (C=O) groups is 2. The van der Waals surface area contributed by atoms with E-state index < -0.39 is 0 Å². The molecular formula is C21H38N2O6. The minimum Gasteiger partial charge on any atom is -0.462 e. The van der Waals surface area contributed by atoms with Gasteiger partial charge in [-0.2, -0.15) is 0 Å². The predicted molar refractivity (Wildman–Crippen MR) is 113 cm³/mol. The summed E-state index contributed by atoms with van der Waals surface area (Å²) in [6.07, 6.45) is 0.754. The Kier molecular flexibility index (Phi) is 17.2. The molecule has 0 heterocycles. The van der Waals surface area contributed by atoms with Gasteiger partial charge in [-0.05, 0) is 26.8 Å². The lowest BCUT2D eigenvalue weighted by Crippen LogP contribution is -2.28. The van der Waals surface area contributed by atoms with Gasteiger partial charge in [0.2, 0.25) is 0 Å². The molecule has 1 atom stereocenters. The highest BCUT2D eigenvalue weighted by Crippen LogP contribution is 1.98. The summed E-state index contributed by atoms with van der Waals surface area (Å²) in [4.78, 5) is 22.5. The number of rotatable bonds is 19. The van der Waals surface area contributed by atoms with Crippen molar-refractivity contribution in [2.75, 3.05) is 65.8 Å². The van der Waals surface area contributed by atoms with Crippen molar-refractivity contribution in [3.05, 3.63) is 24.3 Å². The summed E-state index contributed by atoms with van der Waals surface area (Å²) in [5.41, 5.74) is 0.832. The average molecular weight is 415 g/mol. The summed E-state index contributed by atoms with van der Waals surface area (Å²) in [5.74, 6) is -0.464. The number of hydrogen-bond donors (Lipinski definition) is 2. The number of hydrogen-bond acceptors (Lipinski definition) is 8. The zero-order valence-corrected chi connectivity index (χ0v) is 18.2. The summed E-state index contributed by atoms with van der Waals surface area (Å²) in [7, 11) is 0.